The smallest absolute Gasteiger partial charge is 0.288 e. The molecule has 2 heterocycles. The highest BCUT2D eigenvalue weighted by Crippen LogP contribution is 2.30. The summed E-state index contributed by atoms with van der Waals surface area (Å²) < 4.78 is 36.4. The van der Waals surface area contributed by atoms with Crippen LogP contribution in [-0.4, -0.2) is 52.8 Å². The molecule has 1 aromatic heterocycles. The molecule has 0 N–H and O–H groups in total. The van der Waals surface area contributed by atoms with Crippen LogP contribution >= 0.6 is 11.8 Å². The van der Waals surface area contributed by atoms with Crippen molar-refractivity contribution in [3.05, 3.63) is 42.2 Å². The number of hydrogen-bond acceptors (Lipinski definition) is 6. The van der Waals surface area contributed by atoms with Crippen molar-refractivity contribution in [2.75, 3.05) is 20.2 Å². The third kappa shape index (κ3) is 5.06. The average Bonchev–Trinajstić information content (AvgIpc) is 2.68. The Bertz CT molecular complexity index is 794. The summed E-state index contributed by atoms with van der Waals surface area (Å²) in [4.78, 5) is 22.9. The van der Waals surface area contributed by atoms with Crippen LogP contribution in [0.25, 0.3) is 0 Å². The maximum Gasteiger partial charge on any atom is 0.288 e. The lowest BCUT2D eigenvalue weighted by Gasteiger charge is -2.33. The van der Waals surface area contributed by atoms with Crippen LogP contribution in [0.2, 0.25) is 0 Å². The van der Waals surface area contributed by atoms with Gasteiger partial charge in [0.05, 0.1) is 31.6 Å². The van der Waals surface area contributed by atoms with Crippen molar-refractivity contribution in [2.45, 2.75) is 29.6 Å². The molecule has 0 radical (unpaired) electrons. The second kappa shape index (κ2) is 8.98. The van der Waals surface area contributed by atoms with Crippen LogP contribution in [0.15, 0.2) is 41.6 Å². The summed E-state index contributed by atoms with van der Waals surface area (Å²) in [6.07, 6.45) is 4.21. The highest BCUT2D eigenvalue weighted by molar-refractivity contribution is 7.99. The molecule has 1 fully saturated rings. The summed E-state index contributed by atoms with van der Waals surface area (Å²) in [5, 5.41) is 0. The van der Waals surface area contributed by atoms with Crippen LogP contribution in [0.1, 0.15) is 23.2 Å². The molecule has 27 heavy (non-hydrogen) atoms. The van der Waals surface area contributed by atoms with Crippen molar-refractivity contribution in [1.82, 2.24) is 14.9 Å². The van der Waals surface area contributed by atoms with E-state index in [1.807, 2.05) is 0 Å². The molecule has 0 saturated carbocycles. The molecule has 6 nitrogen and oxygen atoms in total. The van der Waals surface area contributed by atoms with Gasteiger partial charge in [-0.25, -0.2) is 0 Å². The van der Waals surface area contributed by atoms with E-state index in [4.69, 9.17) is 9.47 Å². The van der Waals surface area contributed by atoms with E-state index in [9.17, 15) is 13.6 Å². The number of carbonyl (C=O) groups excluding carboxylic acids is 1. The predicted molar refractivity (Wildman–Crippen MR) is 96.4 cm³/mol. The normalized spacial score (nSPS) is 17.0. The molecule has 1 aromatic carbocycles. The Morgan fingerprint density at radius 3 is 2.85 bits per heavy atom. The molecule has 144 valence electrons. The number of benzene rings is 1. The molecule has 1 saturated heterocycles. The zero-order valence-electron chi connectivity index (χ0n) is 14.7. The number of thioether (sulfide) groups is 1. The molecule has 0 bridgehead atoms. The SMILES string of the molecule is COc1cncc(OC2CCCN(C(=O)c3ccccc3SC(F)F)C2)n1. The molecule has 3 rings (SSSR count). The molecule has 2 aromatic rings. The van der Waals surface area contributed by atoms with E-state index in [0.29, 0.717) is 36.6 Å². The Morgan fingerprint density at radius 2 is 2.07 bits per heavy atom. The number of alkyl halides is 2. The molecule has 9 heteroatoms. The summed E-state index contributed by atoms with van der Waals surface area (Å²) in [5.74, 6) is -2.19. The fourth-order valence-electron chi connectivity index (χ4n) is 2.89. The summed E-state index contributed by atoms with van der Waals surface area (Å²) in [5.41, 5.74) is 0.282. The number of ether oxygens (including phenoxy) is 2. The van der Waals surface area contributed by atoms with Gasteiger partial charge >= 0.3 is 0 Å². The number of rotatable bonds is 6. The van der Waals surface area contributed by atoms with E-state index in [1.54, 1.807) is 23.1 Å². The Morgan fingerprint density at radius 1 is 1.30 bits per heavy atom. The number of likely N-dealkylation sites (tertiary alicyclic amines) is 1. The maximum atomic E-state index is 12.9. The predicted octanol–water partition coefficient (Wildman–Crippen LogP) is 3.48. The van der Waals surface area contributed by atoms with Gasteiger partial charge in [-0.2, -0.15) is 13.8 Å². The number of aromatic nitrogens is 2. The monoisotopic (exact) mass is 395 g/mol. The van der Waals surface area contributed by atoms with Crippen LogP contribution in [0.3, 0.4) is 0 Å². The Hall–Kier alpha value is -2.42. The first-order valence-electron chi connectivity index (χ1n) is 8.42. The van der Waals surface area contributed by atoms with Gasteiger partial charge in [0.25, 0.3) is 11.7 Å². The van der Waals surface area contributed by atoms with Crippen molar-refractivity contribution in [3.8, 4) is 11.8 Å². The largest absolute Gasteiger partial charge is 0.480 e. The summed E-state index contributed by atoms with van der Waals surface area (Å²) >= 11 is 0.381. The molecule has 0 spiro atoms. The molecule has 1 atom stereocenters. The molecule has 1 aliphatic rings. The van der Waals surface area contributed by atoms with Crippen molar-refractivity contribution in [2.24, 2.45) is 0 Å². The highest BCUT2D eigenvalue weighted by Gasteiger charge is 2.27. The van der Waals surface area contributed by atoms with Gasteiger partial charge in [-0.15, -0.1) is 0 Å². The van der Waals surface area contributed by atoms with Crippen LogP contribution in [-0.2, 0) is 0 Å². The van der Waals surface area contributed by atoms with Gasteiger partial charge in [0, 0.05) is 11.4 Å². The minimum Gasteiger partial charge on any atom is -0.480 e. The Balaban J connectivity index is 1.69. The number of halogens is 2. The Labute approximate surface area is 159 Å². The maximum absolute atomic E-state index is 12.9. The lowest BCUT2D eigenvalue weighted by Crippen LogP contribution is -2.44. The molecular formula is C18H19F2N3O3S. The molecule has 1 amide bonds. The second-order valence-electron chi connectivity index (χ2n) is 5.91. The Kier molecular flexibility index (Phi) is 6.44. The van der Waals surface area contributed by atoms with Crippen molar-refractivity contribution < 1.29 is 23.0 Å². The first-order valence-corrected chi connectivity index (χ1v) is 9.30. The molecule has 0 aliphatic carbocycles. The standard InChI is InChI=1S/C18H19F2N3O3S/c1-25-15-9-21-10-16(22-15)26-12-5-4-8-23(11-12)17(24)13-6-2-3-7-14(13)27-18(19)20/h2-3,6-7,9-10,12,18H,4-5,8,11H2,1H3. The lowest BCUT2D eigenvalue weighted by molar-refractivity contribution is 0.0522. The van der Waals surface area contributed by atoms with Gasteiger partial charge in [-0.3, -0.25) is 9.78 Å². The number of nitrogens with zero attached hydrogens (tertiary/aromatic N) is 3. The molecular weight excluding hydrogens is 376 g/mol. The third-order valence-corrected chi connectivity index (χ3v) is 4.87. The zero-order valence-corrected chi connectivity index (χ0v) is 15.5. The zero-order chi connectivity index (χ0) is 19.2. The van der Waals surface area contributed by atoms with Crippen molar-refractivity contribution in [1.29, 1.82) is 0 Å². The average molecular weight is 395 g/mol. The van der Waals surface area contributed by atoms with Crippen molar-refractivity contribution >= 4 is 17.7 Å². The van der Waals surface area contributed by atoms with Crippen LogP contribution in [0.4, 0.5) is 8.78 Å². The van der Waals surface area contributed by atoms with E-state index in [2.05, 4.69) is 9.97 Å². The van der Waals surface area contributed by atoms with Crippen LogP contribution in [0.5, 0.6) is 11.8 Å². The fraction of sp³-hybridized carbons (Fsp3) is 0.389. The number of carbonyl (C=O) groups is 1. The van der Waals surface area contributed by atoms with E-state index < -0.39 is 5.76 Å². The lowest BCUT2D eigenvalue weighted by atomic mass is 10.1. The number of methoxy groups -OCH3 is 1. The number of piperidine rings is 1. The second-order valence-corrected chi connectivity index (χ2v) is 6.94. The van der Waals surface area contributed by atoms with Gasteiger partial charge in [0.1, 0.15) is 6.10 Å². The van der Waals surface area contributed by atoms with Gasteiger partial charge in [0.15, 0.2) is 0 Å². The first kappa shape index (κ1) is 19.3. The molecule has 1 unspecified atom stereocenters. The van der Waals surface area contributed by atoms with Crippen molar-refractivity contribution in [3.63, 3.8) is 0 Å². The number of hydrogen-bond donors (Lipinski definition) is 0. The summed E-state index contributed by atoms with van der Waals surface area (Å²) in [7, 11) is 1.49. The summed E-state index contributed by atoms with van der Waals surface area (Å²) in [6, 6.07) is 6.43. The van der Waals surface area contributed by atoms with Gasteiger partial charge < -0.3 is 14.4 Å². The fourth-order valence-corrected chi connectivity index (χ4v) is 3.52. The highest BCUT2D eigenvalue weighted by atomic mass is 32.2. The minimum atomic E-state index is -2.58. The topological polar surface area (TPSA) is 64.6 Å². The first-order chi connectivity index (χ1) is 13.1. The minimum absolute atomic E-state index is 0.251. The number of amides is 1. The molecule has 1 aliphatic heterocycles. The van der Waals surface area contributed by atoms with Crippen LogP contribution in [0, 0.1) is 0 Å². The van der Waals surface area contributed by atoms with Gasteiger partial charge in [-0.1, -0.05) is 23.9 Å². The third-order valence-electron chi connectivity index (χ3n) is 4.09. The summed E-state index contributed by atoms with van der Waals surface area (Å²) in [6.45, 7) is 0.904. The van der Waals surface area contributed by atoms with E-state index in [0.717, 1.165) is 12.8 Å². The van der Waals surface area contributed by atoms with Crippen LogP contribution < -0.4 is 9.47 Å². The van der Waals surface area contributed by atoms with Gasteiger partial charge in [-0.05, 0) is 25.0 Å². The van der Waals surface area contributed by atoms with Gasteiger partial charge in [0.2, 0.25) is 11.8 Å². The van der Waals surface area contributed by atoms with E-state index >= 15 is 0 Å². The quantitative estimate of drug-likeness (QED) is 0.698. The van der Waals surface area contributed by atoms with E-state index in [1.165, 1.54) is 25.6 Å². The van der Waals surface area contributed by atoms with E-state index in [-0.39, 0.29) is 22.5 Å².